The first-order valence-electron chi connectivity index (χ1n) is 11.3. The molecule has 1 atom stereocenters. The molecule has 0 radical (unpaired) electrons. The summed E-state index contributed by atoms with van der Waals surface area (Å²) < 4.78 is 19.1. The Morgan fingerprint density at radius 1 is 1.24 bits per heavy atom. The minimum atomic E-state index is -0.422. The van der Waals surface area contributed by atoms with E-state index < -0.39 is 5.92 Å². The molecule has 2 aromatic carbocycles. The van der Waals surface area contributed by atoms with Gasteiger partial charge in [0, 0.05) is 41.9 Å². The van der Waals surface area contributed by atoms with Crippen molar-refractivity contribution in [3.8, 4) is 17.2 Å². The third-order valence-corrected chi connectivity index (χ3v) is 6.84. The first-order chi connectivity index (χ1) is 16.4. The maximum absolute atomic E-state index is 13.6. The minimum Gasteiger partial charge on any atom is -0.493 e. The van der Waals surface area contributed by atoms with Crippen LogP contribution in [0.4, 0.5) is 5.69 Å². The fraction of sp³-hybridized carbons (Fsp3) is 0.308. The Bertz CT molecular complexity index is 1420. The van der Waals surface area contributed by atoms with E-state index in [0.717, 1.165) is 33.4 Å². The Kier molecular flexibility index (Phi) is 4.42. The van der Waals surface area contributed by atoms with E-state index in [4.69, 9.17) is 14.2 Å². The number of carbonyl (C=O) groups excluding carboxylic acids is 2. The van der Waals surface area contributed by atoms with Crippen LogP contribution in [-0.2, 0) is 9.59 Å². The first-order valence-corrected chi connectivity index (χ1v) is 11.3. The summed E-state index contributed by atoms with van der Waals surface area (Å²) in [4.78, 5) is 27.2. The number of amides is 2. The van der Waals surface area contributed by atoms with Gasteiger partial charge < -0.3 is 24.1 Å². The molecule has 3 aliphatic heterocycles. The van der Waals surface area contributed by atoms with Gasteiger partial charge in [-0.3, -0.25) is 14.5 Å². The lowest BCUT2D eigenvalue weighted by Crippen LogP contribution is -2.33. The van der Waals surface area contributed by atoms with Crippen molar-refractivity contribution in [1.82, 2.24) is 9.47 Å². The van der Waals surface area contributed by atoms with Crippen molar-refractivity contribution in [3.05, 3.63) is 58.9 Å². The molecule has 8 nitrogen and oxygen atoms in total. The second-order valence-corrected chi connectivity index (χ2v) is 9.10. The van der Waals surface area contributed by atoms with Crippen molar-refractivity contribution in [2.45, 2.75) is 32.7 Å². The Morgan fingerprint density at radius 2 is 2.06 bits per heavy atom. The van der Waals surface area contributed by atoms with Gasteiger partial charge in [0.1, 0.15) is 0 Å². The third-order valence-electron chi connectivity index (χ3n) is 6.84. The number of carbonyl (C=O) groups is 2. The Balaban J connectivity index is 1.66. The predicted octanol–water partition coefficient (Wildman–Crippen LogP) is 4.16. The SMILES string of the molecule is COc1cc([C@H]2C3=C(CN(C(C)=O)C3=O)Nc3cccc4c3c2cn4C(C)C)cc2c1OCO2. The molecule has 3 aromatic rings. The van der Waals surface area contributed by atoms with Crippen LogP contribution in [0, 0.1) is 0 Å². The van der Waals surface area contributed by atoms with Crippen LogP contribution in [0.15, 0.2) is 47.8 Å². The van der Waals surface area contributed by atoms with Gasteiger partial charge in [0.2, 0.25) is 18.4 Å². The number of hydrogen-bond donors (Lipinski definition) is 1. The fourth-order valence-corrected chi connectivity index (χ4v) is 5.32. The summed E-state index contributed by atoms with van der Waals surface area (Å²) in [6, 6.07) is 10.2. The molecule has 8 heteroatoms. The van der Waals surface area contributed by atoms with Gasteiger partial charge in [0.25, 0.3) is 5.91 Å². The number of methoxy groups -OCH3 is 1. The van der Waals surface area contributed by atoms with Crippen molar-refractivity contribution < 1.29 is 23.8 Å². The zero-order valence-electron chi connectivity index (χ0n) is 19.5. The summed E-state index contributed by atoms with van der Waals surface area (Å²) in [5.41, 5.74) is 5.15. The largest absolute Gasteiger partial charge is 0.493 e. The summed E-state index contributed by atoms with van der Waals surface area (Å²) >= 11 is 0. The number of imide groups is 1. The van der Waals surface area contributed by atoms with Gasteiger partial charge in [0.05, 0.1) is 24.7 Å². The molecule has 0 spiro atoms. The number of anilines is 1. The highest BCUT2D eigenvalue weighted by atomic mass is 16.7. The lowest BCUT2D eigenvalue weighted by molar-refractivity contribution is -0.139. The van der Waals surface area contributed by atoms with Crippen LogP contribution in [0.2, 0.25) is 0 Å². The molecule has 6 rings (SSSR count). The highest BCUT2D eigenvalue weighted by Crippen LogP contribution is 2.50. The van der Waals surface area contributed by atoms with Crippen LogP contribution >= 0.6 is 0 Å². The number of aromatic nitrogens is 1. The highest BCUT2D eigenvalue weighted by molar-refractivity contribution is 6.11. The molecule has 0 bridgehead atoms. The molecule has 34 heavy (non-hydrogen) atoms. The van der Waals surface area contributed by atoms with Crippen molar-refractivity contribution in [3.63, 3.8) is 0 Å². The van der Waals surface area contributed by atoms with E-state index in [1.807, 2.05) is 24.3 Å². The van der Waals surface area contributed by atoms with E-state index in [1.54, 1.807) is 7.11 Å². The standard InChI is InChI=1S/C26H25N3O5/c1-13(2)28-10-16-22(15-8-20(32-4)25-21(9-15)33-12-34-25)24-18(11-29(14(3)30)26(24)31)27-17-6-5-7-19(28)23(16)17/h5-10,13,22,27H,11-12H2,1-4H3/t22-/m1/s1. The van der Waals surface area contributed by atoms with E-state index in [9.17, 15) is 9.59 Å². The summed E-state index contributed by atoms with van der Waals surface area (Å²) in [7, 11) is 1.58. The Labute approximate surface area is 196 Å². The number of rotatable bonds is 3. The van der Waals surface area contributed by atoms with E-state index in [0.29, 0.717) is 22.8 Å². The second kappa shape index (κ2) is 7.28. The molecule has 4 heterocycles. The van der Waals surface area contributed by atoms with Crippen LogP contribution in [0.25, 0.3) is 10.9 Å². The topological polar surface area (TPSA) is 82.0 Å². The van der Waals surface area contributed by atoms with E-state index in [-0.39, 0.29) is 31.2 Å². The van der Waals surface area contributed by atoms with Crippen LogP contribution in [0.3, 0.4) is 0 Å². The summed E-state index contributed by atoms with van der Waals surface area (Å²) in [5, 5.41) is 4.56. The summed E-state index contributed by atoms with van der Waals surface area (Å²) in [5.74, 6) is 0.700. The molecule has 0 saturated carbocycles. The first kappa shape index (κ1) is 20.7. The molecular weight excluding hydrogens is 434 g/mol. The molecule has 0 aliphatic carbocycles. The van der Waals surface area contributed by atoms with E-state index in [2.05, 4.69) is 36.0 Å². The zero-order valence-corrected chi connectivity index (χ0v) is 19.5. The lowest BCUT2D eigenvalue weighted by Gasteiger charge is -2.20. The van der Waals surface area contributed by atoms with Gasteiger partial charge in [0.15, 0.2) is 11.5 Å². The minimum absolute atomic E-state index is 0.114. The van der Waals surface area contributed by atoms with Crippen LogP contribution in [0.5, 0.6) is 17.2 Å². The molecule has 1 aromatic heterocycles. The van der Waals surface area contributed by atoms with Crippen molar-refractivity contribution in [1.29, 1.82) is 0 Å². The van der Waals surface area contributed by atoms with Gasteiger partial charge in [-0.2, -0.15) is 0 Å². The number of ether oxygens (including phenoxy) is 3. The quantitative estimate of drug-likeness (QED) is 0.634. The monoisotopic (exact) mass is 459 g/mol. The van der Waals surface area contributed by atoms with E-state index >= 15 is 0 Å². The Morgan fingerprint density at radius 3 is 2.79 bits per heavy atom. The fourth-order valence-electron chi connectivity index (χ4n) is 5.32. The molecule has 174 valence electrons. The maximum atomic E-state index is 13.6. The molecule has 1 N–H and O–H groups in total. The van der Waals surface area contributed by atoms with Crippen molar-refractivity contribution in [2.24, 2.45) is 0 Å². The van der Waals surface area contributed by atoms with Crippen LogP contribution in [-0.4, -0.2) is 41.7 Å². The Hall–Kier alpha value is -3.94. The van der Waals surface area contributed by atoms with E-state index in [1.165, 1.54) is 11.8 Å². The molecule has 0 saturated heterocycles. The van der Waals surface area contributed by atoms with Gasteiger partial charge in [-0.15, -0.1) is 0 Å². The smallest absolute Gasteiger partial charge is 0.259 e. The molecular formula is C26H25N3O5. The normalized spacial score (nSPS) is 18.4. The van der Waals surface area contributed by atoms with Gasteiger partial charge >= 0.3 is 0 Å². The lowest BCUT2D eigenvalue weighted by atomic mass is 9.84. The molecule has 2 amide bonds. The maximum Gasteiger partial charge on any atom is 0.259 e. The summed E-state index contributed by atoms with van der Waals surface area (Å²) in [6.07, 6.45) is 2.13. The van der Waals surface area contributed by atoms with Gasteiger partial charge in [-0.05, 0) is 49.2 Å². The number of nitrogens with one attached hydrogen (secondary N) is 1. The highest BCUT2D eigenvalue weighted by Gasteiger charge is 2.42. The van der Waals surface area contributed by atoms with Gasteiger partial charge in [-0.25, -0.2) is 0 Å². The molecule has 0 fully saturated rings. The van der Waals surface area contributed by atoms with Crippen molar-refractivity contribution >= 4 is 28.4 Å². The van der Waals surface area contributed by atoms with Crippen molar-refractivity contribution in [2.75, 3.05) is 25.8 Å². The number of benzene rings is 2. The van der Waals surface area contributed by atoms with Crippen LogP contribution in [0.1, 0.15) is 43.9 Å². The molecule has 0 unspecified atom stereocenters. The average molecular weight is 460 g/mol. The third kappa shape index (κ3) is 2.77. The molecule has 3 aliphatic rings. The predicted molar refractivity (Wildman–Crippen MR) is 126 cm³/mol. The number of hydrogen-bond acceptors (Lipinski definition) is 6. The van der Waals surface area contributed by atoms with Gasteiger partial charge in [-0.1, -0.05) is 6.07 Å². The number of nitrogens with zero attached hydrogens (tertiary/aromatic N) is 2. The summed E-state index contributed by atoms with van der Waals surface area (Å²) in [6.45, 7) is 6.02. The zero-order chi connectivity index (χ0) is 23.7. The second-order valence-electron chi connectivity index (χ2n) is 9.10. The van der Waals surface area contributed by atoms with Crippen LogP contribution < -0.4 is 19.5 Å². The average Bonchev–Trinajstić information content (AvgIpc) is 3.49. The number of fused-ring (bicyclic) bond motifs is 1.